The van der Waals surface area contributed by atoms with Crippen molar-refractivity contribution in [3.05, 3.63) is 154 Å². The topological polar surface area (TPSA) is 85.0 Å². The summed E-state index contributed by atoms with van der Waals surface area (Å²) in [7, 11) is 0. The fourth-order valence-corrected chi connectivity index (χ4v) is 8.92. The van der Waals surface area contributed by atoms with Crippen LogP contribution in [-0.4, -0.2) is 57.7 Å². The molecule has 2 aliphatic heterocycles. The van der Waals surface area contributed by atoms with E-state index in [1.807, 2.05) is 0 Å². The average molecular weight is 835 g/mol. The Morgan fingerprint density at radius 2 is 1.02 bits per heavy atom. The molecule has 4 atom stereocenters. The molecule has 0 saturated heterocycles. The van der Waals surface area contributed by atoms with Crippen molar-refractivity contribution >= 4 is 5.78 Å². The van der Waals surface area contributed by atoms with E-state index in [1.165, 1.54) is 75.0 Å². The highest BCUT2D eigenvalue weighted by Crippen LogP contribution is 2.47. The summed E-state index contributed by atoms with van der Waals surface area (Å²) in [6, 6.07) is 8.54. The van der Waals surface area contributed by atoms with Crippen molar-refractivity contribution < 1.29 is 39.9 Å². The largest absolute Gasteiger partial charge is 0.416 e. The van der Waals surface area contributed by atoms with Crippen molar-refractivity contribution in [1.29, 1.82) is 0 Å². The second-order valence-electron chi connectivity index (χ2n) is 15.1. The van der Waals surface area contributed by atoms with Gasteiger partial charge in [0.25, 0.3) is 0 Å². The Balaban J connectivity index is 1.28. The number of pyridine rings is 2. The number of benzene rings is 2. The summed E-state index contributed by atoms with van der Waals surface area (Å²) >= 11 is 0. The molecule has 0 fully saturated rings. The van der Waals surface area contributed by atoms with E-state index in [2.05, 4.69) is 19.9 Å². The van der Waals surface area contributed by atoms with Gasteiger partial charge >= 0.3 is 12.4 Å². The van der Waals surface area contributed by atoms with Crippen molar-refractivity contribution in [3.63, 3.8) is 0 Å². The average Bonchev–Trinajstić information content (AvgIpc) is 3.84. The van der Waals surface area contributed by atoms with Gasteiger partial charge in [0.05, 0.1) is 70.5 Å². The van der Waals surface area contributed by atoms with Gasteiger partial charge in [-0.1, -0.05) is 24.3 Å². The van der Waals surface area contributed by atoms with Crippen molar-refractivity contribution in [2.75, 3.05) is 13.1 Å². The second kappa shape index (κ2) is 15.3. The Kier molecular flexibility index (Phi) is 10.5. The molecule has 0 N–H and O–H groups in total. The zero-order valence-corrected chi connectivity index (χ0v) is 32.7. The first-order chi connectivity index (χ1) is 28.5. The smallest absolute Gasteiger partial charge is 0.295 e. The molecule has 2 aliphatic rings. The van der Waals surface area contributed by atoms with E-state index < -0.39 is 65.1 Å². The Bertz CT molecular complexity index is 2390. The third-order valence-electron chi connectivity index (χ3n) is 11.9. The van der Waals surface area contributed by atoms with Crippen LogP contribution in [0.15, 0.2) is 85.7 Å². The van der Waals surface area contributed by atoms with Crippen molar-refractivity contribution in [3.8, 4) is 11.6 Å². The highest BCUT2D eigenvalue weighted by Gasteiger charge is 2.47. The molecule has 4 aromatic heterocycles. The Labute approximate surface area is 339 Å². The number of halogens is 8. The van der Waals surface area contributed by atoms with Crippen LogP contribution < -0.4 is 0 Å². The van der Waals surface area contributed by atoms with Gasteiger partial charge in [-0.25, -0.2) is 28.7 Å². The van der Waals surface area contributed by atoms with Crippen LogP contribution in [0.25, 0.3) is 11.6 Å². The monoisotopic (exact) mass is 834 g/mol. The zero-order chi connectivity index (χ0) is 42.8. The predicted octanol–water partition coefficient (Wildman–Crippen LogP) is 9.37. The molecule has 9 nitrogen and oxygen atoms in total. The number of carbonyl (C=O) groups is 1. The summed E-state index contributed by atoms with van der Waals surface area (Å²) in [5.41, 5.74) is 0.262. The van der Waals surface area contributed by atoms with E-state index >= 15 is 4.79 Å². The molecule has 0 radical (unpaired) electrons. The molecule has 0 saturated carbocycles. The lowest BCUT2D eigenvalue weighted by atomic mass is 9.83. The van der Waals surface area contributed by atoms with Crippen LogP contribution in [0, 0.1) is 25.5 Å². The van der Waals surface area contributed by atoms with Crippen LogP contribution in [0.1, 0.15) is 94.2 Å². The van der Waals surface area contributed by atoms with Crippen molar-refractivity contribution in [2.24, 2.45) is 0 Å². The standard InChI is InChI=1S/C43H38F8N8O/c1-23-29(7-5-9-31(23)42(46,47)48)39(56-17-15-33-37(25(56)3)54-21-58(33)35-13-11-27(44)19-52-35)41(60)40(30-8-6-10-32(24(30)2)43(49,50)51)57-18-16-34-38(26(57)4)55-22-59(34)36-14-12-28(45)20-53-36/h5-14,19-22,25-26,39-40H,15-18H2,1-4H3. The van der Waals surface area contributed by atoms with Crippen LogP contribution in [-0.2, 0) is 30.0 Å². The number of hydrogen-bond acceptors (Lipinski definition) is 7. The molecule has 0 amide bonds. The van der Waals surface area contributed by atoms with Gasteiger partial charge in [-0.2, -0.15) is 26.3 Å². The minimum Gasteiger partial charge on any atom is -0.295 e. The fraction of sp³-hybridized carbons (Fsp3) is 0.326. The number of aromatic nitrogens is 6. The number of carbonyl (C=O) groups excluding carboxylic acids is 1. The van der Waals surface area contributed by atoms with Gasteiger partial charge in [0, 0.05) is 25.9 Å². The maximum atomic E-state index is 15.9. The SMILES string of the molecule is Cc1c(C(C(=O)C(c2cccc(C(F)(F)F)c2C)N2CCc3c(ncn3-c3ccc(F)cn3)C2C)N2CCc3c(ncn3-c3ccc(F)cn3)C2C)cccc1C(F)(F)F. The lowest BCUT2D eigenvalue weighted by Crippen LogP contribution is -2.48. The van der Waals surface area contributed by atoms with E-state index in [-0.39, 0.29) is 48.2 Å². The Morgan fingerprint density at radius 1 is 0.617 bits per heavy atom. The van der Waals surface area contributed by atoms with Gasteiger partial charge < -0.3 is 0 Å². The Morgan fingerprint density at radius 3 is 1.37 bits per heavy atom. The maximum absolute atomic E-state index is 15.9. The van der Waals surface area contributed by atoms with Crippen molar-refractivity contribution in [2.45, 2.75) is 77.1 Å². The van der Waals surface area contributed by atoms with Gasteiger partial charge in [-0.05, 0) is 86.3 Å². The number of Topliss-reactive ketones (excluding diaryl/α,β-unsaturated/α-hetero) is 1. The van der Waals surface area contributed by atoms with Gasteiger partial charge in [0.2, 0.25) is 0 Å². The highest BCUT2D eigenvalue weighted by molar-refractivity contribution is 5.92. The maximum Gasteiger partial charge on any atom is 0.416 e. The molecule has 2 aromatic carbocycles. The van der Waals surface area contributed by atoms with Crippen LogP contribution in [0.2, 0.25) is 0 Å². The lowest BCUT2D eigenvalue weighted by Gasteiger charge is -2.44. The number of rotatable bonds is 8. The molecule has 4 unspecified atom stereocenters. The summed E-state index contributed by atoms with van der Waals surface area (Å²) < 4.78 is 118. The minimum atomic E-state index is -4.78. The predicted molar refractivity (Wildman–Crippen MR) is 203 cm³/mol. The van der Waals surface area contributed by atoms with E-state index in [0.717, 1.165) is 24.5 Å². The van der Waals surface area contributed by atoms with Crippen LogP contribution in [0.4, 0.5) is 35.1 Å². The van der Waals surface area contributed by atoms with Gasteiger partial charge in [0.1, 0.15) is 35.9 Å². The molecule has 60 heavy (non-hydrogen) atoms. The van der Waals surface area contributed by atoms with E-state index in [0.29, 0.717) is 34.4 Å². The number of ketones is 1. The second-order valence-corrected chi connectivity index (χ2v) is 15.1. The Hall–Kier alpha value is -5.81. The van der Waals surface area contributed by atoms with E-state index in [4.69, 9.17) is 0 Å². The molecular formula is C43H38F8N8O. The van der Waals surface area contributed by atoms with Crippen molar-refractivity contribution in [1.82, 2.24) is 38.9 Å². The molecule has 0 aliphatic carbocycles. The number of imidazole rings is 2. The molecule has 312 valence electrons. The molecule has 6 heterocycles. The van der Waals surface area contributed by atoms with Gasteiger partial charge in [-0.15, -0.1) is 0 Å². The summed E-state index contributed by atoms with van der Waals surface area (Å²) in [5.74, 6) is -0.919. The first-order valence-corrected chi connectivity index (χ1v) is 19.2. The summed E-state index contributed by atoms with van der Waals surface area (Å²) in [6.07, 6.45) is -3.88. The molecule has 6 aromatic rings. The minimum absolute atomic E-state index is 0.0522. The third-order valence-corrected chi connectivity index (χ3v) is 11.9. The third kappa shape index (κ3) is 7.16. The van der Waals surface area contributed by atoms with Gasteiger partial charge in [-0.3, -0.25) is 23.7 Å². The summed E-state index contributed by atoms with van der Waals surface area (Å²) in [4.78, 5) is 37.1. The molecular weight excluding hydrogens is 797 g/mol. The van der Waals surface area contributed by atoms with E-state index in [9.17, 15) is 35.1 Å². The number of nitrogens with zero attached hydrogens (tertiary/aromatic N) is 8. The lowest BCUT2D eigenvalue weighted by molar-refractivity contribution is -0.139. The molecule has 8 rings (SSSR count). The fourth-order valence-electron chi connectivity index (χ4n) is 8.92. The van der Waals surface area contributed by atoms with Crippen LogP contribution >= 0.6 is 0 Å². The number of fused-ring (bicyclic) bond motifs is 2. The molecule has 0 bridgehead atoms. The van der Waals surface area contributed by atoms with Gasteiger partial charge in [0.15, 0.2) is 5.78 Å². The quantitative estimate of drug-likeness (QED) is 0.141. The highest BCUT2D eigenvalue weighted by atomic mass is 19.4. The first-order valence-electron chi connectivity index (χ1n) is 19.2. The van der Waals surface area contributed by atoms with Crippen LogP contribution in [0.3, 0.4) is 0 Å². The van der Waals surface area contributed by atoms with E-state index in [1.54, 1.807) is 32.8 Å². The first kappa shape index (κ1) is 40.9. The summed E-state index contributed by atoms with van der Waals surface area (Å²) in [5, 5.41) is 0. The molecule has 0 spiro atoms. The normalized spacial score (nSPS) is 18.5. The number of alkyl halides is 6. The summed E-state index contributed by atoms with van der Waals surface area (Å²) in [6.45, 7) is 6.40. The number of hydrogen-bond donors (Lipinski definition) is 0. The van der Waals surface area contributed by atoms with Crippen LogP contribution in [0.5, 0.6) is 0 Å². The molecule has 17 heteroatoms. The zero-order valence-electron chi connectivity index (χ0n) is 32.7.